The van der Waals surface area contributed by atoms with Gasteiger partial charge in [-0.15, -0.1) is 0 Å². The van der Waals surface area contributed by atoms with Crippen molar-refractivity contribution in [1.82, 2.24) is 9.55 Å². The van der Waals surface area contributed by atoms with Gasteiger partial charge >= 0.3 is 0 Å². The number of aromatic nitrogens is 2. The summed E-state index contributed by atoms with van der Waals surface area (Å²) in [5.74, 6) is 1.10. The number of ether oxygens (including phenoxy) is 1. The van der Waals surface area contributed by atoms with Crippen molar-refractivity contribution in [2.45, 2.75) is 26.0 Å². The van der Waals surface area contributed by atoms with Gasteiger partial charge < -0.3 is 14.4 Å². The number of rotatable bonds is 6. The summed E-state index contributed by atoms with van der Waals surface area (Å²) in [6, 6.07) is 23.5. The fraction of sp³-hybridized carbons (Fsp3) is 0.174. The maximum absolute atomic E-state index is 9.39. The third-order valence-corrected chi connectivity index (χ3v) is 4.77. The van der Waals surface area contributed by atoms with Crippen molar-refractivity contribution >= 4 is 11.0 Å². The van der Waals surface area contributed by atoms with Crippen molar-refractivity contribution in [1.29, 1.82) is 0 Å². The largest absolute Gasteiger partial charge is 0.508 e. The molecule has 1 aromatic heterocycles. The van der Waals surface area contributed by atoms with Crippen molar-refractivity contribution in [2.75, 3.05) is 0 Å². The van der Waals surface area contributed by atoms with Crippen molar-refractivity contribution in [3.8, 4) is 11.5 Å². The second-order valence-corrected chi connectivity index (χ2v) is 6.67. The molecule has 0 aliphatic heterocycles. The highest BCUT2D eigenvalue weighted by atomic mass is 16.5. The zero-order chi connectivity index (χ0) is 18.6. The van der Waals surface area contributed by atoms with Gasteiger partial charge in [-0.05, 0) is 60.9 Å². The number of nitrogens with zero attached hydrogens (tertiary/aromatic N) is 2. The number of phenolic OH excluding ortho intramolecular Hbond substituents is 1. The average molecular weight is 358 g/mol. The van der Waals surface area contributed by atoms with Gasteiger partial charge in [-0.1, -0.05) is 36.4 Å². The molecule has 4 nitrogen and oxygen atoms in total. The van der Waals surface area contributed by atoms with Gasteiger partial charge in [0.05, 0.1) is 17.4 Å². The van der Waals surface area contributed by atoms with Gasteiger partial charge in [0, 0.05) is 6.54 Å². The van der Waals surface area contributed by atoms with E-state index < -0.39 is 0 Å². The highest BCUT2D eigenvalue weighted by Gasteiger charge is 2.08. The van der Waals surface area contributed by atoms with Gasteiger partial charge in [-0.3, -0.25) is 0 Å². The fourth-order valence-corrected chi connectivity index (χ4v) is 3.19. The van der Waals surface area contributed by atoms with Gasteiger partial charge in [0.2, 0.25) is 0 Å². The number of para-hydroxylation sites is 2. The molecule has 0 amide bonds. The summed E-state index contributed by atoms with van der Waals surface area (Å²) in [6.07, 6.45) is 2.77. The summed E-state index contributed by atoms with van der Waals surface area (Å²) in [7, 11) is 0. The van der Waals surface area contributed by atoms with Crippen LogP contribution in [0.4, 0.5) is 0 Å². The Bertz CT molecular complexity index is 1020. The Labute approximate surface area is 158 Å². The molecular weight excluding hydrogens is 336 g/mol. The minimum atomic E-state index is -0.0752. The van der Waals surface area contributed by atoms with E-state index >= 15 is 0 Å². The second-order valence-electron chi connectivity index (χ2n) is 6.67. The molecule has 0 saturated carbocycles. The molecule has 27 heavy (non-hydrogen) atoms. The number of hydrogen-bond donors (Lipinski definition) is 1. The maximum Gasteiger partial charge on any atom is 0.121 e. The van der Waals surface area contributed by atoms with E-state index in [4.69, 9.17) is 4.74 Å². The Morgan fingerprint density at radius 3 is 2.48 bits per heavy atom. The van der Waals surface area contributed by atoms with Crippen LogP contribution in [0.2, 0.25) is 0 Å². The molecule has 0 radical (unpaired) electrons. The van der Waals surface area contributed by atoms with E-state index in [-0.39, 0.29) is 11.9 Å². The van der Waals surface area contributed by atoms with Crippen LogP contribution in [-0.2, 0) is 13.0 Å². The number of hydrogen-bond acceptors (Lipinski definition) is 3. The first-order valence-corrected chi connectivity index (χ1v) is 9.13. The summed E-state index contributed by atoms with van der Waals surface area (Å²) >= 11 is 0. The highest BCUT2D eigenvalue weighted by Crippen LogP contribution is 2.24. The third kappa shape index (κ3) is 3.95. The molecule has 1 atom stereocenters. The lowest BCUT2D eigenvalue weighted by atomic mass is 10.1. The van der Waals surface area contributed by atoms with Gasteiger partial charge in [0.15, 0.2) is 0 Å². The van der Waals surface area contributed by atoms with Crippen molar-refractivity contribution in [3.05, 3.63) is 90.3 Å². The first kappa shape index (κ1) is 17.2. The third-order valence-electron chi connectivity index (χ3n) is 4.77. The number of aromatic hydroxyl groups is 1. The lowest BCUT2D eigenvalue weighted by Crippen LogP contribution is -2.03. The number of fused-ring (bicyclic) bond motifs is 1. The lowest BCUT2D eigenvalue weighted by molar-refractivity contribution is 0.227. The zero-order valence-corrected chi connectivity index (χ0v) is 15.2. The molecule has 3 aromatic carbocycles. The second kappa shape index (κ2) is 7.54. The summed E-state index contributed by atoms with van der Waals surface area (Å²) in [5, 5.41) is 9.39. The molecule has 0 aliphatic carbocycles. The van der Waals surface area contributed by atoms with Gasteiger partial charge in [-0.25, -0.2) is 4.98 Å². The maximum atomic E-state index is 9.39. The summed E-state index contributed by atoms with van der Waals surface area (Å²) in [4.78, 5) is 4.44. The quantitative estimate of drug-likeness (QED) is 0.520. The fourth-order valence-electron chi connectivity index (χ4n) is 3.19. The monoisotopic (exact) mass is 358 g/mol. The molecule has 1 unspecified atom stereocenters. The van der Waals surface area contributed by atoms with E-state index in [0.717, 1.165) is 29.8 Å². The summed E-state index contributed by atoms with van der Waals surface area (Å²) in [5.41, 5.74) is 4.49. The van der Waals surface area contributed by atoms with Gasteiger partial charge in [0.1, 0.15) is 17.6 Å². The van der Waals surface area contributed by atoms with Crippen LogP contribution >= 0.6 is 0 Å². The van der Waals surface area contributed by atoms with Crippen molar-refractivity contribution in [3.63, 3.8) is 0 Å². The first-order chi connectivity index (χ1) is 13.2. The first-order valence-electron chi connectivity index (χ1n) is 9.13. The minimum absolute atomic E-state index is 0.0752. The standard InChI is InChI=1S/C23H22N2O2/c1-17(19-8-10-20(26)11-9-19)27-21-12-6-18(7-13-21)14-15-25-16-24-22-4-2-3-5-23(22)25/h2-13,16-17,26H,14-15H2,1H3. The normalized spacial score (nSPS) is 12.2. The molecule has 4 aromatic rings. The van der Waals surface area contributed by atoms with E-state index in [2.05, 4.69) is 27.8 Å². The predicted molar refractivity (Wildman–Crippen MR) is 107 cm³/mol. The topological polar surface area (TPSA) is 47.3 Å². The Balaban J connectivity index is 1.38. The van der Waals surface area contributed by atoms with Crippen LogP contribution in [0, 0.1) is 0 Å². The number of benzene rings is 3. The average Bonchev–Trinajstić information content (AvgIpc) is 3.11. The molecule has 0 spiro atoms. The Morgan fingerprint density at radius 2 is 1.70 bits per heavy atom. The summed E-state index contributed by atoms with van der Waals surface area (Å²) in [6.45, 7) is 2.90. The van der Waals surface area contributed by atoms with Crippen LogP contribution in [-0.4, -0.2) is 14.7 Å². The van der Waals surface area contributed by atoms with Gasteiger partial charge in [0.25, 0.3) is 0 Å². The molecule has 0 aliphatic rings. The Hall–Kier alpha value is -3.27. The Morgan fingerprint density at radius 1 is 0.963 bits per heavy atom. The van der Waals surface area contributed by atoms with Gasteiger partial charge in [-0.2, -0.15) is 0 Å². The lowest BCUT2D eigenvalue weighted by Gasteiger charge is -2.15. The SMILES string of the molecule is CC(Oc1ccc(CCn2cnc3ccccc32)cc1)c1ccc(O)cc1. The highest BCUT2D eigenvalue weighted by molar-refractivity contribution is 5.74. The molecule has 0 bridgehead atoms. The van der Waals surface area contributed by atoms with Crippen molar-refractivity contribution < 1.29 is 9.84 Å². The van der Waals surface area contributed by atoms with Crippen LogP contribution in [0.3, 0.4) is 0 Å². The number of imidazole rings is 1. The number of aryl methyl sites for hydroxylation is 2. The van der Waals surface area contributed by atoms with E-state index in [1.165, 1.54) is 11.1 Å². The molecule has 4 heteroatoms. The van der Waals surface area contributed by atoms with E-state index in [0.29, 0.717) is 0 Å². The molecule has 1 N–H and O–H groups in total. The molecule has 136 valence electrons. The van der Waals surface area contributed by atoms with Crippen LogP contribution < -0.4 is 4.74 Å². The predicted octanol–water partition coefficient (Wildman–Crippen LogP) is 5.12. The van der Waals surface area contributed by atoms with Crippen LogP contribution in [0.1, 0.15) is 24.2 Å². The molecule has 4 rings (SSSR count). The molecular formula is C23H22N2O2. The van der Waals surface area contributed by atoms with E-state index in [9.17, 15) is 5.11 Å². The van der Waals surface area contributed by atoms with Crippen molar-refractivity contribution in [2.24, 2.45) is 0 Å². The minimum Gasteiger partial charge on any atom is -0.508 e. The molecule has 0 fully saturated rings. The van der Waals surface area contributed by atoms with Crippen LogP contribution in [0.15, 0.2) is 79.1 Å². The van der Waals surface area contributed by atoms with E-state index in [1.54, 1.807) is 12.1 Å². The smallest absolute Gasteiger partial charge is 0.121 e. The summed E-state index contributed by atoms with van der Waals surface area (Å²) < 4.78 is 8.19. The molecule has 1 heterocycles. The van der Waals surface area contributed by atoms with E-state index in [1.807, 2.05) is 55.7 Å². The van der Waals surface area contributed by atoms with Crippen LogP contribution in [0.25, 0.3) is 11.0 Å². The number of phenols is 1. The van der Waals surface area contributed by atoms with Crippen LogP contribution in [0.5, 0.6) is 11.5 Å². The Kier molecular flexibility index (Phi) is 4.79. The molecule has 0 saturated heterocycles. The zero-order valence-electron chi connectivity index (χ0n) is 15.2.